The molecule has 2 aromatic carbocycles. The number of benzene rings is 2. The molecule has 8 nitrogen and oxygen atoms in total. The molecule has 5 rings (SSSR count). The van der Waals surface area contributed by atoms with Crippen LogP contribution < -0.4 is 14.8 Å². The van der Waals surface area contributed by atoms with E-state index in [1.807, 2.05) is 24.3 Å². The molecule has 35 heavy (non-hydrogen) atoms. The summed E-state index contributed by atoms with van der Waals surface area (Å²) in [6.07, 6.45) is 1.77. The number of Topliss-reactive ketones (excluding diaryl/α,β-unsaturated/α-hetero) is 2. The van der Waals surface area contributed by atoms with Gasteiger partial charge in [0, 0.05) is 23.8 Å². The molecule has 0 aromatic heterocycles. The number of phenolic OH excluding ortho intramolecular Hbond substituents is 2. The molecule has 3 N–H and O–H groups in total. The van der Waals surface area contributed by atoms with Crippen molar-refractivity contribution in [2.75, 3.05) is 6.54 Å². The Balaban J connectivity index is 1.51. The van der Waals surface area contributed by atoms with Gasteiger partial charge in [-0.15, -0.1) is 0 Å². The van der Waals surface area contributed by atoms with Crippen molar-refractivity contribution in [3.63, 3.8) is 0 Å². The Bertz CT molecular complexity index is 1380. The molecule has 180 valence electrons. The number of rotatable bonds is 4. The molecule has 0 saturated heterocycles. The maximum absolute atomic E-state index is 13.8. The minimum Gasteiger partial charge on any atom is -0.507 e. The van der Waals surface area contributed by atoms with Gasteiger partial charge in [0.15, 0.2) is 17.3 Å². The first-order valence-corrected chi connectivity index (χ1v) is 11.3. The molecule has 1 aliphatic carbocycles. The first-order valence-electron chi connectivity index (χ1n) is 11.3. The van der Waals surface area contributed by atoms with Gasteiger partial charge >= 0.3 is 0 Å². The van der Waals surface area contributed by atoms with Crippen molar-refractivity contribution in [1.29, 1.82) is 0 Å². The summed E-state index contributed by atoms with van der Waals surface area (Å²) in [6, 6.07) is 7.76. The quantitative estimate of drug-likeness (QED) is 0.350. The van der Waals surface area contributed by atoms with Gasteiger partial charge in [-0.3, -0.25) is 14.4 Å². The summed E-state index contributed by atoms with van der Waals surface area (Å²) in [4.78, 5) is 39.1. The van der Waals surface area contributed by atoms with Crippen LogP contribution in [-0.2, 0) is 21.4 Å². The number of para-hydroxylation sites is 1. The highest BCUT2D eigenvalue weighted by Crippen LogP contribution is 2.57. The summed E-state index contributed by atoms with van der Waals surface area (Å²) in [6.45, 7) is 6.28. The van der Waals surface area contributed by atoms with Gasteiger partial charge in [-0.05, 0) is 39.3 Å². The number of hydrogen-bond donors (Lipinski definition) is 3. The number of carbonyl (C=O) groups excluding carboxylic acids is 3. The van der Waals surface area contributed by atoms with Crippen molar-refractivity contribution in [3.05, 3.63) is 69.6 Å². The smallest absolute Gasteiger partial charge is 0.194 e. The predicted molar refractivity (Wildman–Crippen MR) is 126 cm³/mol. The van der Waals surface area contributed by atoms with E-state index in [0.717, 1.165) is 11.3 Å². The number of ketones is 3. The van der Waals surface area contributed by atoms with Crippen molar-refractivity contribution in [2.45, 2.75) is 45.6 Å². The lowest BCUT2D eigenvalue weighted by atomic mass is 9.70. The number of fused-ring (bicyclic) bond motifs is 4. The molecule has 0 spiro atoms. The normalized spacial score (nSPS) is 23.5. The van der Waals surface area contributed by atoms with Crippen LogP contribution in [0.15, 0.2) is 47.4 Å². The second-order valence-corrected chi connectivity index (χ2v) is 9.32. The number of carbonyl (C=O) groups is 3. The molecule has 3 aliphatic rings. The molecule has 1 unspecified atom stereocenters. The highest BCUT2D eigenvalue weighted by molar-refractivity contribution is 6.31. The summed E-state index contributed by atoms with van der Waals surface area (Å²) in [5.41, 5.74) is -0.113. The fourth-order valence-corrected chi connectivity index (χ4v) is 5.09. The third-order valence-corrected chi connectivity index (χ3v) is 7.07. The molecule has 0 amide bonds. The molecule has 2 aromatic rings. The summed E-state index contributed by atoms with van der Waals surface area (Å²) in [7, 11) is 0. The molecule has 0 fully saturated rings. The molecule has 0 saturated carbocycles. The Morgan fingerprint density at radius 2 is 1.89 bits per heavy atom. The Hall–Kier alpha value is -4.07. The van der Waals surface area contributed by atoms with Crippen LogP contribution >= 0.6 is 0 Å². The van der Waals surface area contributed by atoms with Crippen LogP contribution in [0.4, 0.5) is 0 Å². The van der Waals surface area contributed by atoms with Crippen LogP contribution in [0, 0.1) is 6.92 Å². The molecular weight excluding hydrogens is 450 g/mol. The van der Waals surface area contributed by atoms with Crippen LogP contribution in [-0.4, -0.2) is 40.2 Å². The van der Waals surface area contributed by atoms with Crippen LogP contribution in [0.3, 0.4) is 0 Å². The first-order chi connectivity index (χ1) is 16.6. The van der Waals surface area contributed by atoms with E-state index in [2.05, 4.69) is 5.32 Å². The second-order valence-electron chi connectivity index (χ2n) is 9.32. The molecule has 0 bridgehead atoms. The van der Waals surface area contributed by atoms with Gasteiger partial charge in [0.25, 0.3) is 0 Å². The van der Waals surface area contributed by atoms with E-state index in [-0.39, 0.29) is 45.6 Å². The van der Waals surface area contributed by atoms with E-state index in [4.69, 9.17) is 9.47 Å². The third kappa shape index (κ3) is 3.16. The van der Waals surface area contributed by atoms with Gasteiger partial charge in [0.2, 0.25) is 0 Å². The van der Waals surface area contributed by atoms with Crippen molar-refractivity contribution in [1.82, 2.24) is 5.32 Å². The Morgan fingerprint density at radius 1 is 1.17 bits per heavy atom. The maximum Gasteiger partial charge on any atom is 0.194 e. The zero-order valence-corrected chi connectivity index (χ0v) is 19.8. The fourth-order valence-electron chi connectivity index (χ4n) is 5.09. The highest BCUT2D eigenvalue weighted by Gasteiger charge is 2.56. The number of phenols is 2. The number of allylic oxidation sites excluding steroid dienone is 4. The van der Waals surface area contributed by atoms with E-state index >= 15 is 0 Å². The van der Waals surface area contributed by atoms with Gasteiger partial charge in [-0.25, -0.2) is 0 Å². The molecule has 2 aliphatic heterocycles. The van der Waals surface area contributed by atoms with Gasteiger partial charge < -0.3 is 25.0 Å². The van der Waals surface area contributed by atoms with Crippen molar-refractivity contribution >= 4 is 17.3 Å². The average Bonchev–Trinajstić information content (AvgIpc) is 3.35. The first kappa shape index (κ1) is 22.7. The number of hydrogen-bond acceptors (Lipinski definition) is 8. The van der Waals surface area contributed by atoms with Crippen LogP contribution in [0.5, 0.6) is 23.0 Å². The summed E-state index contributed by atoms with van der Waals surface area (Å²) >= 11 is 0. The third-order valence-electron chi connectivity index (χ3n) is 7.07. The van der Waals surface area contributed by atoms with Gasteiger partial charge in [-0.1, -0.05) is 18.2 Å². The molecule has 0 radical (unpaired) electrons. The lowest BCUT2D eigenvalue weighted by Crippen LogP contribution is -2.41. The van der Waals surface area contributed by atoms with Crippen molar-refractivity contribution in [2.24, 2.45) is 0 Å². The molecular formula is C27H25NO7. The average molecular weight is 475 g/mol. The van der Waals surface area contributed by atoms with Gasteiger partial charge in [-0.2, -0.15) is 0 Å². The molecule has 8 heteroatoms. The van der Waals surface area contributed by atoms with Crippen molar-refractivity contribution < 1.29 is 34.1 Å². The second kappa shape index (κ2) is 7.73. The summed E-state index contributed by atoms with van der Waals surface area (Å²) < 4.78 is 11.7. The van der Waals surface area contributed by atoms with E-state index in [0.29, 0.717) is 18.7 Å². The fraction of sp³-hybridized carbons (Fsp3) is 0.296. The summed E-state index contributed by atoms with van der Waals surface area (Å²) in [5.74, 6) is -1.62. The van der Waals surface area contributed by atoms with E-state index in [9.17, 15) is 24.6 Å². The zero-order valence-electron chi connectivity index (χ0n) is 19.8. The Labute approximate surface area is 201 Å². The summed E-state index contributed by atoms with van der Waals surface area (Å²) in [5, 5.41) is 24.5. The van der Waals surface area contributed by atoms with Crippen molar-refractivity contribution in [3.8, 4) is 23.0 Å². The Morgan fingerprint density at radius 3 is 2.57 bits per heavy atom. The number of nitrogens with one attached hydrogen (secondary N) is 1. The van der Waals surface area contributed by atoms with Crippen LogP contribution in [0.2, 0.25) is 0 Å². The number of ether oxygens (including phenoxy) is 2. The Kier molecular flexibility index (Phi) is 5.01. The predicted octanol–water partition coefficient (Wildman–Crippen LogP) is 3.16. The number of aromatic hydroxyl groups is 2. The van der Waals surface area contributed by atoms with Crippen LogP contribution in [0.1, 0.15) is 47.8 Å². The SMILES string of the molecule is CC(=O)c1c(O)c(C)c(O)c2c1OC1=CC(=O)/C(=C(/C)NCC3Cc4ccccc4O3)C(=O)[C@@]12C. The zero-order chi connectivity index (χ0) is 25.2. The monoisotopic (exact) mass is 475 g/mol. The lowest BCUT2D eigenvalue weighted by molar-refractivity contribution is -0.123. The van der Waals surface area contributed by atoms with E-state index in [1.165, 1.54) is 19.9 Å². The van der Waals surface area contributed by atoms with E-state index < -0.39 is 28.5 Å². The van der Waals surface area contributed by atoms with Gasteiger partial charge in [0.05, 0.1) is 17.7 Å². The molecule has 2 atom stereocenters. The largest absolute Gasteiger partial charge is 0.507 e. The minimum absolute atomic E-state index is 0.0106. The lowest BCUT2D eigenvalue weighted by Gasteiger charge is -2.29. The van der Waals surface area contributed by atoms with Crippen LogP contribution in [0.25, 0.3) is 0 Å². The molecule has 2 heterocycles. The van der Waals surface area contributed by atoms with E-state index in [1.54, 1.807) is 13.8 Å². The van der Waals surface area contributed by atoms with Gasteiger partial charge in [0.1, 0.15) is 45.8 Å². The minimum atomic E-state index is -1.53. The maximum atomic E-state index is 13.8. The highest BCUT2D eigenvalue weighted by atomic mass is 16.5. The standard InChI is InChI=1S/C27H25NO7/c1-12-23(31)21(14(3)29)25-22(24(12)32)27(4)19(35-25)10-17(30)20(26(27)33)13(2)28-11-16-9-15-7-5-6-8-18(15)34-16/h5-8,10,16,28,31-32H,9,11H2,1-4H3/b20-13+/t16?,27-/m0/s1. The topological polar surface area (TPSA) is 122 Å².